The molecule has 0 radical (unpaired) electrons. The molecular formula is C13H15N3O3S. The van der Waals surface area contributed by atoms with Gasteiger partial charge in [0.25, 0.3) is 11.5 Å². The van der Waals surface area contributed by atoms with Gasteiger partial charge in [0.05, 0.1) is 6.61 Å². The van der Waals surface area contributed by atoms with Crippen molar-refractivity contribution in [3.63, 3.8) is 0 Å². The van der Waals surface area contributed by atoms with Crippen molar-refractivity contribution in [1.29, 1.82) is 0 Å². The second-order valence-corrected chi connectivity index (χ2v) is 5.76. The molecule has 1 saturated carbocycles. The van der Waals surface area contributed by atoms with Crippen LogP contribution in [0.2, 0.25) is 0 Å². The third kappa shape index (κ3) is 2.12. The number of thiazole rings is 1. The molecule has 106 valence electrons. The molecule has 0 unspecified atom stereocenters. The summed E-state index contributed by atoms with van der Waals surface area (Å²) in [5.74, 6) is -0.334. The maximum absolute atomic E-state index is 12.5. The predicted octanol–water partition coefficient (Wildman–Crippen LogP) is 0.661. The minimum absolute atomic E-state index is 0.0735. The molecule has 20 heavy (non-hydrogen) atoms. The van der Waals surface area contributed by atoms with E-state index in [1.54, 1.807) is 4.90 Å². The molecular weight excluding hydrogens is 278 g/mol. The Labute approximate surface area is 119 Å². The molecule has 7 heteroatoms. The molecule has 2 aromatic heterocycles. The Balaban J connectivity index is 2.04. The molecule has 0 spiro atoms. The number of carbonyl (C=O) groups excluding carboxylic acids is 1. The van der Waals surface area contributed by atoms with Gasteiger partial charge in [0, 0.05) is 29.9 Å². The van der Waals surface area contributed by atoms with Gasteiger partial charge in [-0.15, -0.1) is 11.3 Å². The second kappa shape index (κ2) is 4.99. The normalized spacial score (nSPS) is 14.7. The van der Waals surface area contributed by atoms with Gasteiger partial charge in [0.1, 0.15) is 5.56 Å². The zero-order chi connectivity index (χ0) is 14.3. The smallest absolute Gasteiger partial charge is 0.271 e. The molecule has 1 N–H and O–H groups in total. The molecule has 2 heterocycles. The van der Waals surface area contributed by atoms with Crippen LogP contribution < -0.4 is 5.56 Å². The first-order chi connectivity index (χ1) is 9.63. The number of hydrogen-bond acceptors (Lipinski definition) is 5. The monoisotopic (exact) mass is 293 g/mol. The van der Waals surface area contributed by atoms with Crippen molar-refractivity contribution in [2.75, 3.05) is 13.2 Å². The number of nitrogens with zero attached hydrogens (tertiary/aromatic N) is 3. The van der Waals surface area contributed by atoms with E-state index < -0.39 is 0 Å². The maximum atomic E-state index is 12.5. The molecule has 1 aliphatic rings. The van der Waals surface area contributed by atoms with Crippen LogP contribution in [0.15, 0.2) is 16.4 Å². The van der Waals surface area contributed by atoms with E-state index >= 15 is 0 Å². The van der Waals surface area contributed by atoms with E-state index in [2.05, 4.69) is 4.98 Å². The second-order valence-electron chi connectivity index (χ2n) is 4.93. The molecule has 0 aromatic carbocycles. The summed E-state index contributed by atoms with van der Waals surface area (Å²) in [6.07, 6.45) is 3.21. The standard InChI is InChI=1S/C13H15N3O3S/c1-8-7-20-13-14-6-10(12(19)16(8)13)11(18)15(4-5-17)9-2-3-9/h6-7,9,17H,2-5H2,1H3. The highest BCUT2D eigenvalue weighted by atomic mass is 32.1. The average molecular weight is 293 g/mol. The van der Waals surface area contributed by atoms with Crippen LogP contribution in [-0.4, -0.2) is 44.5 Å². The van der Waals surface area contributed by atoms with Gasteiger partial charge in [0.15, 0.2) is 4.96 Å². The van der Waals surface area contributed by atoms with E-state index in [1.807, 2.05) is 12.3 Å². The van der Waals surface area contributed by atoms with Crippen LogP contribution in [0.25, 0.3) is 4.96 Å². The molecule has 6 nitrogen and oxygen atoms in total. The summed E-state index contributed by atoms with van der Waals surface area (Å²) in [4.78, 5) is 31.2. The number of rotatable bonds is 4. The highest BCUT2D eigenvalue weighted by molar-refractivity contribution is 7.15. The average Bonchev–Trinajstić information content (AvgIpc) is 3.20. The van der Waals surface area contributed by atoms with Crippen LogP contribution in [0.1, 0.15) is 28.9 Å². The van der Waals surface area contributed by atoms with Crippen LogP contribution in [0.4, 0.5) is 0 Å². The number of aromatic nitrogens is 2. The van der Waals surface area contributed by atoms with E-state index in [0.717, 1.165) is 18.5 Å². The van der Waals surface area contributed by atoms with Gasteiger partial charge in [-0.1, -0.05) is 0 Å². The van der Waals surface area contributed by atoms with Crippen LogP contribution in [0.3, 0.4) is 0 Å². The third-order valence-corrected chi connectivity index (χ3v) is 4.39. The number of aryl methyl sites for hydroxylation is 1. The molecule has 2 aromatic rings. The highest BCUT2D eigenvalue weighted by Crippen LogP contribution is 2.27. The molecule has 1 fully saturated rings. The zero-order valence-electron chi connectivity index (χ0n) is 11.1. The van der Waals surface area contributed by atoms with E-state index in [4.69, 9.17) is 5.11 Å². The van der Waals surface area contributed by atoms with Crippen LogP contribution in [-0.2, 0) is 0 Å². The lowest BCUT2D eigenvalue weighted by Crippen LogP contribution is -2.39. The number of aliphatic hydroxyl groups is 1. The van der Waals surface area contributed by atoms with Crippen molar-refractivity contribution in [3.05, 3.63) is 33.2 Å². The predicted molar refractivity (Wildman–Crippen MR) is 75.2 cm³/mol. The molecule has 3 rings (SSSR count). The fraction of sp³-hybridized carbons (Fsp3) is 0.462. The topological polar surface area (TPSA) is 74.9 Å². The Morgan fingerprint density at radius 3 is 3.00 bits per heavy atom. The summed E-state index contributed by atoms with van der Waals surface area (Å²) < 4.78 is 1.46. The Bertz CT molecular complexity index is 717. The molecule has 0 atom stereocenters. The van der Waals surface area contributed by atoms with Crippen LogP contribution >= 0.6 is 11.3 Å². The number of aliphatic hydroxyl groups excluding tert-OH is 1. The van der Waals surface area contributed by atoms with Gasteiger partial charge in [0.2, 0.25) is 0 Å². The fourth-order valence-electron chi connectivity index (χ4n) is 2.27. The van der Waals surface area contributed by atoms with Crippen LogP contribution in [0.5, 0.6) is 0 Å². The maximum Gasteiger partial charge on any atom is 0.271 e. The number of carbonyl (C=O) groups is 1. The number of fused-ring (bicyclic) bond motifs is 1. The van der Waals surface area contributed by atoms with Crippen molar-refractivity contribution in [3.8, 4) is 0 Å². The van der Waals surface area contributed by atoms with Gasteiger partial charge in [-0.05, 0) is 19.8 Å². The molecule has 0 bridgehead atoms. The van der Waals surface area contributed by atoms with Gasteiger partial charge >= 0.3 is 0 Å². The van der Waals surface area contributed by atoms with E-state index in [9.17, 15) is 9.59 Å². The Morgan fingerprint density at radius 2 is 2.35 bits per heavy atom. The highest BCUT2D eigenvalue weighted by Gasteiger charge is 2.34. The van der Waals surface area contributed by atoms with Crippen molar-refractivity contribution in [2.24, 2.45) is 0 Å². The van der Waals surface area contributed by atoms with Gasteiger partial charge in [-0.25, -0.2) is 4.98 Å². The SMILES string of the molecule is Cc1csc2ncc(C(=O)N(CCO)C3CC3)c(=O)n12. The molecule has 0 aliphatic heterocycles. The van der Waals surface area contributed by atoms with Crippen LogP contribution in [0, 0.1) is 6.92 Å². The third-order valence-electron chi connectivity index (χ3n) is 3.44. The Kier molecular flexibility index (Phi) is 3.31. The first kappa shape index (κ1) is 13.3. The number of amides is 1. The summed E-state index contributed by atoms with van der Waals surface area (Å²) in [5, 5.41) is 10.9. The Hall–Kier alpha value is -1.73. The Morgan fingerprint density at radius 1 is 1.60 bits per heavy atom. The van der Waals surface area contributed by atoms with Gasteiger partial charge < -0.3 is 10.0 Å². The van der Waals surface area contributed by atoms with Gasteiger partial charge in [-0.2, -0.15) is 0 Å². The quantitative estimate of drug-likeness (QED) is 0.898. The van der Waals surface area contributed by atoms with Crippen molar-refractivity contribution < 1.29 is 9.90 Å². The first-order valence-corrected chi connectivity index (χ1v) is 7.39. The zero-order valence-corrected chi connectivity index (χ0v) is 11.9. The molecule has 1 amide bonds. The summed E-state index contributed by atoms with van der Waals surface area (Å²) in [7, 11) is 0. The molecule has 0 saturated heterocycles. The minimum Gasteiger partial charge on any atom is -0.395 e. The van der Waals surface area contributed by atoms with Crippen molar-refractivity contribution >= 4 is 22.2 Å². The summed E-state index contributed by atoms with van der Waals surface area (Å²) >= 11 is 1.37. The van der Waals surface area contributed by atoms with Gasteiger partial charge in [-0.3, -0.25) is 14.0 Å². The lowest BCUT2D eigenvalue weighted by atomic mass is 10.2. The lowest BCUT2D eigenvalue weighted by Gasteiger charge is -2.20. The van der Waals surface area contributed by atoms with E-state index in [-0.39, 0.29) is 36.2 Å². The summed E-state index contributed by atoms with van der Waals surface area (Å²) in [6, 6.07) is 0.151. The van der Waals surface area contributed by atoms with Crippen molar-refractivity contribution in [2.45, 2.75) is 25.8 Å². The fourth-order valence-corrected chi connectivity index (χ4v) is 3.10. The van der Waals surface area contributed by atoms with E-state index in [0.29, 0.717) is 4.96 Å². The summed E-state index contributed by atoms with van der Waals surface area (Å²) in [5.41, 5.74) is 0.518. The first-order valence-electron chi connectivity index (χ1n) is 6.51. The number of hydrogen-bond donors (Lipinski definition) is 1. The van der Waals surface area contributed by atoms with E-state index in [1.165, 1.54) is 21.9 Å². The van der Waals surface area contributed by atoms with Crippen molar-refractivity contribution in [1.82, 2.24) is 14.3 Å². The largest absolute Gasteiger partial charge is 0.395 e. The summed E-state index contributed by atoms with van der Waals surface area (Å²) in [6.45, 7) is 1.97. The minimum atomic E-state index is -0.334. The molecule has 1 aliphatic carbocycles. The lowest BCUT2D eigenvalue weighted by molar-refractivity contribution is 0.0705.